The first kappa shape index (κ1) is 9.43. The van der Waals surface area contributed by atoms with E-state index >= 15 is 0 Å². The van der Waals surface area contributed by atoms with E-state index in [1.807, 2.05) is 0 Å². The summed E-state index contributed by atoms with van der Waals surface area (Å²) in [6.07, 6.45) is 0.318. The van der Waals surface area contributed by atoms with Gasteiger partial charge in [-0.25, -0.2) is 4.39 Å². The first-order chi connectivity index (χ1) is 6.58. The topological polar surface area (TPSA) is 55.1 Å². The summed E-state index contributed by atoms with van der Waals surface area (Å²) < 4.78 is 12.9. The van der Waals surface area contributed by atoms with Gasteiger partial charge in [0.15, 0.2) is 0 Å². The summed E-state index contributed by atoms with van der Waals surface area (Å²) in [6.45, 7) is 0. The number of nitrogens with two attached hydrogens (primary N) is 1. The van der Waals surface area contributed by atoms with E-state index in [-0.39, 0.29) is 10.9 Å². The molecule has 1 aromatic carbocycles. The van der Waals surface area contributed by atoms with Crippen LogP contribution in [0.4, 0.5) is 10.1 Å². The molecule has 14 heavy (non-hydrogen) atoms. The third-order valence-corrected chi connectivity index (χ3v) is 2.46. The highest BCUT2D eigenvalue weighted by atomic mass is 35.5. The minimum absolute atomic E-state index is 0.209. The number of rotatable bonds is 0. The molecule has 3 nitrogen and oxygen atoms in total. The van der Waals surface area contributed by atoms with Crippen LogP contribution >= 0.6 is 11.6 Å². The van der Waals surface area contributed by atoms with Gasteiger partial charge in [0.1, 0.15) is 5.82 Å². The molecule has 3 N–H and O–H groups in total. The molecule has 0 saturated carbocycles. The van der Waals surface area contributed by atoms with E-state index in [4.69, 9.17) is 17.3 Å². The molecule has 1 aromatic rings. The molecule has 74 valence electrons. The van der Waals surface area contributed by atoms with Crippen LogP contribution in [0.5, 0.6) is 0 Å². The molecule has 0 aliphatic carbocycles. The predicted molar refractivity (Wildman–Crippen MR) is 51.7 cm³/mol. The molecule has 1 heterocycles. The minimum Gasteiger partial charge on any atom is -0.323 e. The molecule has 0 aromatic heterocycles. The van der Waals surface area contributed by atoms with E-state index in [1.165, 1.54) is 6.07 Å². The highest BCUT2D eigenvalue weighted by molar-refractivity contribution is 6.34. The fourth-order valence-electron chi connectivity index (χ4n) is 1.47. The minimum atomic E-state index is -0.625. The molecule has 5 heteroatoms. The predicted octanol–water partition coefficient (Wildman–Crippen LogP) is 1.30. The molecule has 1 amide bonds. The molecular weight excluding hydrogens is 207 g/mol. The molecule has 1 aliphatic heterocycles. The SMILES string of the molecule is NC1Cc2cc(F)cc(Cl)c2NC1=O. The molecule has 0 radical (unpaired) electrons. The van der Waals surface area contributed by atoms with Gasteiger partial charge in [0.25, 0.3) is 0 Å². The zero-order chi connectivity index (χ0) is 10.3. The lowest BCUT2D eigenvalue weighted by atomic mass is 9.99. The summed E-state index contributed by atoms with van der Waals surface area (Å²) in [5.74, 6) is -0.705. The molecule has 0 spiro atoms. The number of nitrogens with one attached hydrogen (secondary N) is 1. The lowest BCUT2D eigenvalue weighted by molar-refractivity contribution is -0.117. The first-order valence-electron chi connectivity index (χ1n) is 4.12. The number of hydrogen-bond donors (Lipinski definition) is 2. The van der Waals surface area contributed by atoms with Gasteiger partial charge in [-0.05, 0) is 24.1 Å². The van der Waals surface area contributed by atoms with Crippen molar-refractivity contribution in [2.24, 2.45) is 5.73 Å². The standard InChI is InChI=1S/C9H8ClFN2O/c10-6-3-5(11)1-4-2-7(12)9(14)13-8(4)6/h1,3,7H,2,12H2,(H,13,14). The second kappa shape index (κ2) is 3.22. The maximum atomic E-state index is 12.9. The van der Waals surface area contributed by atoms with Crippen molar-refractivity contribution >= 4 is 23.2 Å². The fraction of sp³-hybridized carbons (Fsp3) is 0.222. The summed E-state index contributed by atoms with van der Waals surface area (Å²) in [5, 5.41) is 2.75. The van der Waals surface area contributed by atoms with Crippen molar-refractivity contribution in [1.82, 2.24) is 0 Å². The maximum absolute atomic E-state index is 12.9. The Balaban J connectivity index is 2.51. The van der Waals surface area contributed by atoms with Crippen LogP contribution in [0.25, 0.3) is 0 Å². The molecule has 0 saturated heterocycles. The van der Waals surface area contributed by atoms with E-state index in [2.05, 4.69) is 5.32 Å². The van der Waals surface area contributed by atoms with Crippen molar-refractivity contribution in [3.63, 3.8) is 0 Å². The zero-order valence-electron chi connectivity index (χ0n) is 7.18. The number of carbonyl (C=O) groups excluding carboxylic acids is 1. The van der Waals surface area contributed by atoms with Crippen LogP contribution in [0, 0.1) is 5.82 Å². The normalized spacial score (nSPS) is 20.2. The molecule has 1 unspecified atom stereocenters. The number of amides is 1. The van der Waals surface area contributed by atoms with Crippen LogP contribution in [0.15, 0.2) is 12.1 Å². The molecule has 2 rings (SSSR count). The van der Waals surface area contributed by atoms with Crippen molar-refractivity contribution in [2.75, 3.05) is 5.32 Å². The second-order valence-electron chi connectivity index (χ2n) is 3.22. The summed E-state index contributed by atoms with van der Waals surface area (Å²) in [4.78, 5) is 11.2. The molecule has 0 bridgehead atoms. The van der Waals surface area contributed by atoms with Crippen LogP contribution in [-0.2, 0) is 11.2 Å². The number of anilines is 1. The Labute approximate surface area is 85.0 Å². The summed E-state index contributed by atoms with van der Waals surface area (Å²) in [7, 11) is 0. The van der Waals surface area contributed by atoms with Crippen LogP contribution in [0.1, 0.15) is 5.56 Å². The molecular formula is C9H8ClFN2O. The van der Waals surface area contributed by atoms with Crippen molar-refractivity contribution in [1.29, 1.82) is 0 Å². The number of halogens is 2. The quantitative estimate of drug-likeness (QED) is 0.684. The van der Waals surface area contributed by atoms with Gasteiger partial charge in [-0.3, -0.25) is 4.79 Å². The van der Waals surface area contributed by atoms with Crippen LogP contribution in [0.2, 0.25) is 5.02 Å². The van der Waals surface area contributed by atoms with Gasteiger partial charge in [0.2, 0.25) is 5.91 Å². The number of hydrogen-bond acceptors (Lipinski definition) is 2. The van der Waals surface area contributed by atoms with E-state index in [9.17, 15) is 9.18 Å². The van der Waals surface area contributed by atoms with E-state index in [0.717, 1.165) is 6.07 Å². The summed E-state index contributed by atoms with van der Waals surface area (Å²) >= 11 is 5.76. The Bertz CT molecular complexity index is 408. The zero-order valence-corrected chi connectivity index (χ0v) is 7.94. The van der Waals surface area contributed by atoms with Crippen molar-refractivity contribution in [3.8, 4) is 0 Å². The molecule has 0 fully saturated rings. The van der Waals surface area contributed by atoms with E-state index in [0.29, 0.717) is 17.7 Å². The highest BCUT2D eigenvalue weighted by Gasteiger charge is 2.24. The van der Waals surface area contributed by atoms with Gasteiger partial charge in [-0.1, -0.05) is 11.6 Å². The second-order valence-corrected chi connectivity index (χ2v) is 3.63. The summed E-state index contributed by atoms with van der Waals surface area (Å²) in [5.41, 5.74) is 6.63. The number of carbonyl (C=O) groups is 1. The smallest absolute Gasteiger partial charge is 0.241 e. The van der Waals surface area contributed by atoms with Crippen LogP contribution < -0.4 is 11.1 Å². The summed E-state index contributed by atoms with van der Waals surface area (Å²) in [6, 6.07) is 1.87. The fourth-order valence-corrected chi connectivity index (χ4v) is 1.75. The van der Waals surface area contributed by atoms with Crippen molar-refractivity contribution < 1.29 is 9.18 Å². The third kappa shape index (κ3) is 1.47. The Morgan fingerprint density at radius 1 is 1.57 bits per heavy atom. The van der Waals surface area contributed by atoms with Crippen LogP contribution in [-0.4, -0.2) is 11.9 Å². The first-order valence-corrected chi connectivity index (χ1v) is 4.50. The van der Waals surface area contributed by atoms with Crippen molar-refractivity contribution in [3.05, 3.63) is 28.5 Å². The molecule has 1 atom stereocenters. The number of benzene rings is 1. The largest absolute Gasteiger partial charge is 0.323 e. The Hall–Kier alpha value is -1.13. The van der Waals surface area contributed by atoms with Gasteiger partial charge >= 0.3 is 0 Å². The average Bonchev–Trinajstić information content (AvgIpc) is 2.08. The average molecular weight is 215 g/mol. The Morgan fingerprint density at radius 3 is 3.00 bits per heavy atom. The lowest BCUT2D eigenvalue weighted by Gasteiger charge is -2.22. The molecule has 1 aliphatic rings. The highest BCUT2D eigenvalue weighted by Crippen LogP contribution is 2.30. The van der Waals surface area contributed by atoms with Crippen molar-refractivity contribution in [2.45, 2.75) is 12.5 Å². The van der Waals surface area contributed by atoms with Crippen LogP contribution in [0.3, 0.4) is 0 Å². The third-order valence-electron chi connectivity index (χ3n) is 2.16. The van der Waals surface area contributed by atoms with Gasteiger partial charge in [0.05, 0.1) is 16.8 Å². The number of fused-ring (bicyclic) bond motifs is 1. The monoisotopic (exact) mass is 214 g/mol. The van der Waals surface area contributed by atoms with E-state index in [1.54, 1.807) is 0 Å². The van der Waals surface area contributed by atoms with Gasteiger partial charge in [-0.15, -0.1) is 0 Å². The van der Waals surface area contributed by atoms with Gasteiger partial charge in [-0.2, -0.15) is 0 Å². The maximum Gasteiger partial charge on any atom is 0.241 e. The lowest BCUT2D eigenvalue weighted by Crippen LogP contribution is -2.41. The Morgan fingerprint density at radius 2 is 2.29 bits per heavy atom. The van der Waals surface area contributed by atoms with Gasteiger partial charge in [0, 0.05) is 0 Å². The van der Waals surface area contributed by atoms with E-state index < -0.39 is 11.9 Å². The van der Waals surface area contributed by atoms with Gasteiger partial charge < -0.3 is 11.1 Å². The Kier molecular flexibility index (Phi) is 2.17.